The highest BCUT2D eigenvalue weighted by atomic mass is 16.5. The number of benzene rings is 2. The van der Waals surface area contributed by atoms with Gasteiger partial charge in [0.05, 0.1) is 13.2 Å². The molecule has 0 bridgehead atoms. The molecule has 2 nitrogen and oxygen atoms in total. The van der Waals surface area contributed by atoms with E-state index in [1.807, 2.05) is 0 Å². The Morgan fingerprint density at radius 1 is 0.405 bits per heavy atom. The van der Waals surface area contributed by atoms with Crippen LogP contribution >= 0.6 is 0 Å². The highest BCUT2D eigenvalue weighted by Gasteiger charge is 2.07. The summed E-state index contributed by atoms with van der Waals surface area (Å²) in [4.78, 5) is 0. The number of rotatable bonds is 27. The molecule has 0 aromatic heterocycles. The summed E-state index contributed by atoms with van der Waals surface area (Å²) in [7, 11) is 0. The van der Waals surface area contributed by atoms with Gasteiger partial charge in [0, 0.05) is 0 Å². The molecule has 2 aromatic rings. The first-order valence-corrected chi connectivity index (χ1v) is 17.5. The first-order chi connectivity index (χ1) is 20.7. The third-order valence-corrected chi connectivity index (χ3v) is 8.30. The largest absolute Gasteiger partial charge is 0.494 e. The van der Waals surface area contributed by atoms with Crippen molar-refractivity contribution >= 4 is 11.1 Å². The molecule has 0 aliphatic rings. The normalized spacial score (nSPS) is 11.0. The van der Waals surface area contributed by atoms with E-state index in [4.69, 9.17) is 9.47 Å². The number of ether oxygens (including phenoxy) is 2. The summed E-state index contributed by atoms with van der Waals surface area (Å²) in [5, 5.41) is 0. The highest BCUT2D eigenvalue weighted by Crippen LogP contribution is 2.30. The van der Waals surface area contributed by atoms with E-state index in [-0.39, 0.29) is 0 Å². The molecule has 0 aliphatic heterocycles. The lowest BCUT2D eigenvalue weighted by molar-refractivity contribution is 0.304. The third kappa shape index (κ3) is 16.2. The molecule has 2 heteroatoms. The number of allylic oxidation sites excluding steroid dienone is 2. The van der Waals surface area contributed by atoms with Crippen LogP contribution in [0.4, 0.5) is 0 Å². The van der Waals surface area contributed by atoms with Crippen LogP contribution in [0.1, 0.15) is 153 Å². The Balaban J connectivity index is 1.58. The van der Waals surface area contributed by atoms with Gasteiger partial charge in [-0.3, -0.25) is 0 Å². The van der Waals surface area contributed by atoms with Crippen LogP contribution in [0, 0.1) is 0 Å². The number of hydrogen-bond donors (Lipinski definition) is 0. The molecule has 2 rings (SSSR count). The minimum absolute atomic E-state index is 0.789. The summed E-state index contributed by atoms with van der Waals surface area (Å²) < 4.78 is 12.0. The van der Waals surface area contributed by atoms with Crippen LogP contribution in [0.3, 0.4) is 0 Å². The van der Waals surface area contributed by atoms with Crippen molar-refractivity contribution in [2.24, 2.45) is 0 Å². The zero-order chi connectivity index (χ0) is 30.1. The zero-order valence-corrected chi connectivity index (χ0v) is 27.4. The van der Waals surface area contributed by atoms with Crippen molar-refractivity contribution in [2.45, 2.75) is 142 Å². The monoisotopic (exact) mass is 574 g/mol. The summed E-state index contributed by atoms with van der Waals surface area (Å²) in [6.45, 7) is 14.8. The molecule has 0 saturated heterocycles. The molecular weight excluding hydrogens is 512 g/mol. The minimum atomic E-state index is 0.789. The quantitative estimate of drug-likeness (QED) is 0.0780. The maximum atomic E-state index is 5.99. The van der Waals surface area contributed by atoms with E-state index >= 15 is 0 Å². The highest BCUT2D eigenvalue weighted by molar-refractivity contribution is 6.03. The smallest absolute Gasteiger partial charge is 0.119 e. The molecular formula is C40H62O2. The molecule has 0 fully saturated rings. The second-order valence-corrected chi connectivity index (χ2v) is 12.1. The predicted octanol–water partition coefficient (Wildman–Crippen LogP) is 13.0. The fourth-order valence-electron chi connectivity index (χ4n) is 5.41. The van der Waals surface area contributed by atoms with Crippen molar-refractivity contribution in [3.8, 4) is 11.5 Å². The Bertz CT molecular complexity index is 861. The van der Waals surface area contributed by atoms with Crippen LogP contribution in [0.5, 0.6) is 11.5 Å². The second-order valence-electron chi connectivity index (χ2n) is 12.1. The third-order valence-electron chi connectivity index (χ3n) is 8.30. The summed E-state index contributed by atoms with van der Waals surface area (Å²) in [6.07, 6.45) is 26.8. The summed E-state index contributed by atoms with van der Waals surface area (Å²) in [6, 6.07) is 16.6. The second kappa shape index (κ2) is 24.0. The van der Waals surface area contributed by atoms with Gasteiger partial charge in [-0.1, -0.05) is 167 Å². The first kappa shape index (κ1) is 35.7. The van der Waals surface area contributed by atoms with Gasteiger partial charge in [-0.25, -0.2) is 0 Å². The molecule has 0 aliphatic carbocycles. The molecule has 0 amide bonds. The van der Waals surface area contributed by atoms with Crippen molar-refractivity contribution in [3.05, 3.63) is 72.8 Å². The van der Waals surface area contributed by atoms with Gasteiger partial charge in [0.1, 0.15) is 11.5 Å². The average Bonchev–Trinajstić information content (AvgIpc) is 3.02. The summed E-state index contributed by atoms with van der Waals surface area (Å²) >= 11 is 0. The van der Waals surface area contributed by atoms with E-state index in [2.05, 4.69) is 75.5 Å². The minimum Gasteiger partial charge on any atom is -0.494 e. The van der Waals surface area contributed by atoms with E-state index in [1.54, 1.807) is 0 Å². The van der Waals surface area contributed by atoms with Gasteiger partial charge in [0.2, 0.25) is 0 Å². The standard InChI is InChI=1S/C40H62O2/c1-5-7-9-11-13-15-17-19-21-23-33-41-39-29-25-37(26-30-39)35(3)36(4)38-27-31-40(32-28-38)42-34-24-22-20-18-16-14-12-10-8-6-2/h25-32H,3-24,33-34H2,1-2H3. The lowest BCUT2D eigenvalue weighted by Gasteiger charge is -2.13. The van der Waals surface area contributed by atoms with Gasteiger partial charge in [-0.2, -0.15) is 0 Å². The predicted molar refractivity (Wildman–Crippen MR) is 186 cm³/mol. The molecule has 0 unspecified atom stereocenters. The van der Waals surface area contributed by atoms with Gasteiger partial charge in [-0.15, -0.1) is 0 Å². The molecule has 234 valence electrons. The lowest BCUT2D eigenvalue weighted by atomic mass is 9.95. The van der Waals surface area contributed by atoms with Crippen LogP contribution < -0.4 is 9.47 Å². The molecule has 0 saturated carbocycles. The average molecular weight is 575 g/mol. The molecule has 0 N–H and O–H groups in total. The SMILES string of the molecule is C=C(C(=C)c1ccc(OCCCCCCCCCCCC)cc1)c1ccc(OCCCCCCCCCCCC)cc1. The fraction of sp³-hybridized carbons (Fsp3) is 0.600. The summed E-state index contributed by atoms with van der Waals surface area (Å²) in [5.74, 6) is 1.86. The summed E-state index contributed by atoms with van der Waals surface area (Å²) in [5.41, 5.74) is 4.03. The molecule has 42 heavy (non-hydrogen) atoms. The Kier molecular flexibility index (Phi) is 20.4. The van der Waals surface area contributed by atoms with E-state index in [1.165, 1.54) is 116 Å². The van der Waals surface area contributed by atoms with Crippen LogP contribution in [0.15, 0.2) is 61.7 Å². The van der Waals surface area contributed by atoms with Gasteiger partial charge < -0.3 is 9.47 Å². The Hall–Kier alpha value is -2.48. The molecule has 0 radical (unpaired) electrons. The maximum Gasteiger partial charge on any atom is 0.119 e. The lowest BCUT2D eigenvalue weighted by Crippen LogP contribution is -1.98. The van der Waals surface area contributed by atoms with Gasteiger partial charge in [-0.05, 0) is 59.4 Å². The van der Waals surface area contributed by atoms with Crippen molar-refractivity contribution < 1.29 is 9.47 Å². The topological polar surface area (TPSA) is 18.5 Å². The van der Waals surface area contributed by atoms with Crippen LogP contribution in [0.2, 0.25) is 0 Å². The zero-order valence-electron chi connectivity index (χ0n) is 27.4. The molecule has 2 aromatic carbocycles. The van der Waals surface area contributed by atoms with Gasteiger partial charge >= 0.3 is 0 Å². The number of unbranched alkanes of at least 4 members (excludes halogenated alkanes) is 18. The number of hydrogen-bond acceptors (Lipinski definition) is 2. The van der Waals surface area contributed by atoms with E-state index in [0.717, 1.165) is 59.8 Å². The van der Waals surface area contributed by atoms with Crippen LogP contribution in [0.25, 0.3) is 11.1 Å². The van der Waals surface area contributed by atoms with Crippen molar-refractivity contribution in [3.63, 3.8) is 0 Å². The molecule has 0 atom stereocenters. The van der Waals surface area contributed by atoms with E-state index in [0.29, 0.717) is 0 Å². The van der Waals surface area contributed by atoms with Gasteiger partial charge in [0.25, 0.3) is 0 Å². The van der Waals surface area contributed by atoms with Crippen molar-refractivity contribution in [1.82, 2.24) is 0 Å². The Morgan fingerprint density at radius 3 is 0.952 bits per heavy atom. The maximum absolute atomic E-state index is 5.99. The van der Waals surface area contributed by atoms with E-state index < -0.39 is 0 Å². The fourth-order valence-corrected chi connectivity index (χ4v) is 5.41. The first-order valence-electron chi connectivity index (χ1n) is 17.5. The Morgan fingerprint density at radius 2 is 0.667 bits per heavy atom. The van der Waals surface area contributed by atoms with Crippen LogP contribution in [-0.4, -0.2) is 13.2 Å². The van der Waals surface area contributed by atoms with Crippen LogP contribution in [-0.2, 0) is 0 Å². The Labute approximate surface area is 260 Å². The van der Waals surface area contributed by atoms with E-state index in [9.17, 15) is 0 Å². The van der Waals surface area contributed by atoms with Crippen molar-refractivity contribution in [2.75, 3.05) is 13.2 Å². The van der Waals surface area contributed by atoms with Crippen molar-refractivity contribution in [1.29, 1.82) is 0 Å². The molecule has 0 spiro atoms. The molecule has 0 heterocycles. The van der Waals surface area contributed by atoms with Gasteiger partial charge in [0.15, 0.2) is 0 Å².